The molecule has 0 aromatic rings. The van der Waals surface area contributed by atoms with Crippen molar-refractivity contribution in [1.29, 1.82) is 0 Å². The van der Waals surface area contributed by atoms with Crippen molar-refractivity contribution in [3.63, 3.8) is 0 Å². The molecule has 0 radical (unpaired) electrons. The highest BCUT2D eigenvalue weighted by Crippen LogP contribution is 2.76. The Kier molecular flexibility index (Phi) is 5.80. The van der Waals surface area contributed by atoms with E-state index in [1.54, 1.807) is 0 Å². The first-order valence-corrected chi connectivity index (χ1v) is 14.4. The third-order valence-corrected chi connectivity index (χ3v) is 13.1. The number of hydrogen-bond donors (Lipinski definition) is 4. The zero-order chi connectivity index (χ0) is 26.0. The summed E-state index contributed by atoms with van der Waals surface area (Å²) in [5.41, 5.74) is -1.83. The first-order valence-electron chi connectivity index (χ1n) is 14.4. The lowest BCUT2D eigenvalue weighted by atomic mass is 9.34. The quantitative estimate of drug-likeness (QED) is 0.449. The maximum atomic E-state index is 11.9. The fourth-order valence-electron chi connectivity index (χ4n) is 11.3. The fourth-order valence-corrected chi connectivity index (χ4v) is 11.3. The van der Waals surface area contributed by atoms with Crippen LogP contribution in [0.3, 0.4) is 0 Å². The summed E-state index contributed by atoms with van der Waals surface area (Å²) in [5.74, 6) is 0.722. The standard InChI is InChI=1S/C30H52O5/c1-25(2)21(33)10-12-27(5)20-15-18(31)23-17(30(8)14-11-22(35-30)26(3,4)34)9-13-28(23,6)29(20,7)16-19(32)24(25)27/h17-24,31-34H,9-16H2,1-8H3/t17-,18+,19-,20+,21-,22-,23-,24-,27+,28+,29+,30-/m0/s1. The molecule has 1 saturated heterocycles. The molecule has 5 nitrogen and oxygen atoms in total. The van der Waals surface area contributed by atoms with Crippen molar-refractivity contribution in [2.45, 2.75) is 142 Å². The highest BCUT2D eigenvalue weighted by atomic mass is 16.5. The summed E-state index contributed by atoms with van der Waals surface area (Å²) in [7, 11) is 0. The van der Waals surface area contributed by atoms with Gasteiger partial charge in [-0.15, -0.1) is 0 Å². The van der Waals surface area contributed by atoms with Crippen molar-refractivity contribution in [2.75, 3.05) is 0 Å². The van der Waals surface area contributed by atoms with Crippen LogP contribution in [0.15, 0.2) is 0 Å². The Morgan fingerprint density at radius 2 is 1.46 bits per heavy atom. The van der Waals surface area contributed by atoms with Crippen LogP contribution in [0.1, 0.15) is 107 Å². The molecule has 0 bridgehead atoms. The smallest absolute Gasteiger partial charge is 0.0865 e. The van der Waals surface area contributed by atoms with E-state index in [1.807, 2.05) is 13.8 Å². The number of fused-ring (bicyclic) bond motifs is 5. The molecule has 1 aliphatic heterocycles. The average Bonchev–Trinajstić information content (AvgIpc) is 3.30. The molecule has 35 heavy (non-hydrogen) atoms. The second-order valence-corrected chi connectivity index (χ2v) is 15.6. The first-order chi connectivity index (χ1) is 15.9. The maximum Gasteiger partial charge on any atom is 0.0865 e. The van der Waals surface area contributed by atoms with Crippen LogP contribution in [0.2, 0.25) is 0 Å². The summed E-state index contributed by atoms with van der Waals surface area (Å²) >= 11 is 0. The van der Waals surface area contributed by atoms with Crippen molar-refractivity contribution < 1.29 is 25.2 Å². The molecule has 0 spiro atoms. The monoisotopic (exact) mass is 492 g/mol. The van der Waals surface area contributed by atoms with Crippen LogP contribution in [0.5, 0.6) is 0 Å². The first kappa shape index (κ1) is 26.4. The second kappa shape index (κ2) is 7.68. The predicted molar refractivity (Wildman–Crippen MR) is 137 cm³/mol. The van der Waals surface area contributed by atoms with Gasteiger partial charge >= 0.3 is 0 Å². The Balaban J connectivity index is 1.51. The Morgan fingerprint density at radius 3 is 2.06 bits per heavy atom. The van der Waals surface area contributed by atoms with Crippen LogP contribution < -0.4 is 0 Å². The van der Waals surface area contributed by atoms with Crippen molar-refractivity contribution in [2.24, 2.45) is 45.3 Å². The van der Waals surface area contributed by atoms with E-state index in [-0.39, 0.29) is 51.1 Å². The highest BCUT2D eigenvalue weighted by Gasteiger charge is 2.73. The summed E-state index contributed by atoms with van der Waals surface area (Å²) in [4.78, 5) is 0. The van der Waals surface area contributed by atoms with E-state index < -0.39 is 23.9 Å². The Labute approximate surface area is 213 Å². The van der Waals surface area contributed by atoms with Gasteiger partial charge in [0, 0.05) is 0 Å². The van der Waals surface area contributed by atoms with E-state index in [2.05, 4.69) is 41.5 Å². The molecule has 0 aromatic heterocycles. The van der Waals surface area contributed by atoms with Gasteiger partial charge in [-0.2, -0.15) is 0 Å². The number of hydrogen-bond acceptors (Lipinski definition) is 5. The molecule has 202 valence electrons. The minimum Gasteiger partial charge on any atom is -0.393 e. The van der Waals surface area contributed by atoms with Crippen molar-refractivity contribution in [3.8, 4) is 0 Å². The highest BCUT2D eigenvalue weighted by molar-refractivity contribution is 5.22. The van der Waals surface area contributed by atoms with Gasteiger partial charge < -0.3 is 25.2 Å². The molecule has 4 N–H and O–H groups in total. The molecule has 5 fully saturated rings. The van der Waals surface area contributed by atoms with Crippen LogP contribution in [-0.4, -0.2) is 56.0 Å². The molecule has 5 aliphatic rings. The number of aliphatic hydroxyl groups excluding tert-OH is 3. The van der Waals surface area contributed by atoms with E-state index in [1.165, 1.54) is 0 Å². The molecule has 4 aliphatic carbocycles. The van der Waals surface area contributed by atoms with E-state index in [0.717, 1.165) is 51.4 Å². The molecule has 0 aromatic carbocycles. The minimum absolute atomic E-state index is 0.0320. The molecular weight excluding hydrogens is 440 g/mol. The predicted octanol–water partition coefficient (Wildman–Crippen LogP) is 4.68. The third kappa shape index (κ3) is 3.36. The molecule has 12 atom stereocenters. The molecule has 0 unspecified atom stereocenters. The molecule has 4 saturated carbocycles. The molecule has 5 heteroatoms. The summed E-state index contributed by atoms with van der Waals surface area (Å²) in [5, 5.41) is 45.2. The zero-order valence-corrected chi connectivity index (χ0v) is 23.5. The number of rotatable bonds is 2. The summed E-state index contributed by atoms with van der Waals surface area (Å²) in [6.45, 7) is 17.3. The molecule has 0 amide bonds. The van der Waals surface area contributed by atoms with Gasteiger partial charge in [0.25, 0.3) is 0 Å². The van der Waals surface area contributed by atoms with Gasteiger partial charge in [-0.05, 0) is 117 Å². The average molecular weight is 493 g/mol. The SMILES string of the molecule is CC(C)(O)[C@@H]1CC[C@@](C)([C@H]2CC[C@]3(C)[C@@H]2[C@H](O)C[C@@H]2[C@@]4(C)CC[C@H](O)C(C)(C)[C@@H]4[C@@H](O)C[C@]23C)O1. The van der Waals surface area contributed by atoms with Crippen molar-refractivity contribution in [3.05, 3.63) is 0 Å². The normalized spacial score (nSPS) is 57.9. The van der Waals surface area contributed by atoms with Crippen LogP contribution in [0.25, 0.3) is 0 Å². The van der Waals surface area contributed by atoms with Crippen LogP contribution >= 0.6 is 0 Å². The maximum absolute atomic E-state index is 11.9. The van der Waals surface area contributed by atoms with Crippen LogP contribution in [-0.2, 0) is 4.74 Å². The Morgan fingerprint density at radius 1 is 0.800 bits per heavy atom. The van der Waals surface area contributed by atoms with Gasteiger partial charge in [-0.25, -0.2) is 0 Å². The Hall–Kier alpha value is -0.200. The molecule has 5 rings (SSSR count). The van der Waals surface area contributed by atoms with Gasteiger partial charge in [-0.3, -0.25) is 0 Å². The summed E-state index contributed by atoms with van der Waals surface area (Å²) in [6, 6.07) is 0. The van der Waals surface area contributed by atoms with Gasteiger partial charge in [0.15, 0.2) is 0 Å². The largest absolute Gasteiger partial charge is 0.393 e. The lowest BCUT2D eigenvalue weighted by Gasteiger charge is -2.71. The lowest BCUT2D eigenvalue weighted by molar-refractivity contribution is -0.275. The lowest BCUT2D eigenvalue weighted by Crippen LogP contribution is -2.69. The Bertz CT molecular complexity index is 850. The third-order valence-electron chi connectivity index (χ3n) is 13.1. The van der Waals surface area contributed by atoms with Crippen LogP contribution in [0, 0.1) is 45.3 Å². The van der Waals surface area contributed by atoms with Crippen molar-refractivity contribution in [1.82, 2.24) is 0 Å². The fraction of sp³-hybridized carbons (Fsp3) is 1.00. The van der Waals surface area contributed by atoms with Gasteiger partial charge in [0.2, 0.25) is 0 Å². The van der Waals surface area contributed by atoms with Crippen molar-refractivity contribution >= 4 is 0 Å². The summed E-state index contributed by atoms with van der Waals surface area (Å²) in [6.07, 6.45) is 5.61. The molecular formula is C30H52O5. The molecule has 1 heterocycles. The topological polar surface area (TPSA) is 90.2 Å². The van der Waals surface area contributed by atoms with E-state index in [4.69, 9.17) is 4.74 Å². The summed E-state index contributed by atoms with van der Waals surface area (Å²) < 4.78 is 6.64. The minimum atomic E-state index is -0.864. The second-order valence-electron chi connectivity index (χ2n) is 15.6. The van der Waals surface area contributed by atoms with Gasteiger partial charge in [-0.1, -0.05) is 34.6 Å². The van der Waals surface area contributed by atoms with Crippen LogP contribution in [0.4, 0.5) is 0 Å². The number of ether oxygens (including phenoxy) is 1. The van der Waals surface area contributed by atoms with Gasteiger partial charge in [0.1, 0.15) is 0 Å². The van der Waals surface area contributed by atoms with Gasteiger partial charge in [0.05, 0.1) is 35.6 Å². The number of aliphatic hydroxyl groups is 4. The van der Waals surface area contributed by atoms with E-state index in [9.17, 15) is 20.4 Å². The van der Waals surface area contributed by atoms with E-state index in [0.29, 0.717) is 5.92 Å². The zero-order valence-electron chi connectivity index (χ0n) is 23.5. The van der Waals surface area contributed by atoms with E-state index >= 15 is 0 Å².